The third kappa shape index (κ3) is 5.88. The normalized spacial score (nSPS) is 8.89. The Kier molecular flexibility index (Phi) is 6.12. The number of hydrogen-bond donors (Lipinski definition) is 0. The van der Waals surface area contributed by atoms with Gasteiger partial charge in [-0.05, 0) is 7.05 Å². The van der Waals surface area contributed by atoms with Crippen molar-refractivity contribution in [1.82, 2.24) is 4.90 Å². The Labute approximate surface area is 65.6 Å². The highest BCUT2D eigenvalue weighted by Gasteiger charge is 1.90. The van der Waals surface area contributed by atoms with E-state index in [9.17, 15) is 0 Å². The highest BCUT2D eigenvalue weighted by molar-refractivity contribution is 9.09. The second kappa shape index (κ2) is 6.12. The van der Waals surface area contributed by atoms with Gasteiger partial charge in [0.15, 0.2) is 0 Å². The predicted molar refractivity (Wildman–Crippen MR) is 44.4 cm³/mol. The summed E-state index contributed by atoms with van der Waals surface area (Å²) < 4.78 is 0. The molecule has 0 aliphatic carbocycles. The van der Waals surface area contributed by atoms with E-state index >= 15 is 0 Å². The molecule has 9 heavy (non-hydrogen) atoms. The fourth-order valence-corrected chi connectivity index (χ4v) is 1.02. The molecule has 0 aromatic rings. The summed E-state index contributed by atoms with van der Waals surface area (Å²) in [4.78, 5) is 2.13. The van der Waals surface area contributed by atoms with Crippen LogP contribution in [0.5, 0.6) is 0 Å². The van der Waals surface area contributed by atoms with Crippen molar-refractivity contribution in [3.05, 3.63) is 6.92 Å². The van der Waals surface area contributed by atoms with Gasteiger partial charge in [0.05, 0.1) is 6.54 Å². The highest BCUT2D eigenvalue weighted by Crippen LogP contribution is 1.84. The maximum absolute atomic E-state index is 3.42. The summed E-state index contributed by atoms with van der Waals surface area (Å²) >= 11 is 3.34. The third-order valence-electron chi connectivity index (χ3n) is 0.940. The lowest BCUT2D eigenvalue weighted by Crippen LogP contribution is -2.20. The maximum atomic E-state index is 3.42. The van der Waals surface area contributed by atoms with E-state index < -0.39 is 0 Å². The van der Waals surface area contributed by atoms with Crippen molar-refractivity contribution in [1.29, 1.82) is 0 Å². The lowest BCUT2D eigenvalue weighted by atomic mass is 10.5. The quantitative estimate of drug-likeness (QED) is 0.475. The lowest BCUT2D eigenvalue weighted by Gasteiger charge is -2.09. The van der Waals surface area contributed by atoms with Gasteiger partial charge in [0.25, 0.3) is 0 Å². The molecule has 0 bridgehead atoms. The van der Waals surface area contributed by atoms with E-state index in [-0.39, 0.29) is 0 Å². The van der Waals surface area contributed by atoms with E-state index in [1.807, 2.05) is 7.05 Å². The summed E-state index contributed by atoms with van der Waals surface area (Å²) in [5.74, 6) is 5.48. The van der Waals surface area contributed by atoms with Crippen molar-refractivity contribution in [2.24, 2.45) is 0 Å². The maximum Gasteiger partial charge on any atom is 0.0599 e. The Morgan fingerprint density at radius 3 is 2.78 bits per heavy atom. The van der Waals surface area contributed by atoms with Crippen LogP contribution >= 0.6 is 15.9 Å². The van der Waals surface area contributed by atoms with E-state index in [1.165, 1.54) is 0 Å². The molecule has 1 nitrogen and oxygen atoms in total. The van der Waals surface area contributed by atoms with Crippen molar-refractivity contribution in [3.63, 3.8) is 0 Å². The average molecular weight is 189 g/mol. The van der Waals surface area contributed by atoms with Gasteiger partial charge in [-0.1, -0.05) is 21.9 Å². The lowest BCUT2D eigenvalue weighted by molar-refractivity contribution is 0.403. The van der Waals surface area contributed by atoms with E-state index in [2.05, 4.69) is 39.6 Å². The summed E-state index contributed by atoms with van der Waals surface area (Å²) in [6, 6.07) is 0. The van der Waals surface area contributed by atoms with Crippen LogP contribution in [-0.2, 0) is 0 Å². The summed E-state index contributed by atoms with van der Waals surface area (Å²) in [6.45, 7) is 5.27. The first-order chi connectivity index (χ1) is 4.31. The van der Waals surface area contributed by atoms with Gasteiger partial charge in [0.2, 0.25) is 0 Å². The first-order valence-corrected chi connectivity index (χ1v) is 3.93. The summed E-state index contributed by atoms with van der Waals surface area (Å²) in [5, 5.41) is 1.00. The summed E-state index contributed by atoms with van der Waals surface area (Å²) in [5.41, 5.74) is 0. The minimum atomic E-state index is 0.815. The van der Waals surface area contributed by atoms with Gasteiger partial charge in [0.1, 0.15) is 0 Å². The number of nitrogens with zero attached hydrogens (tertiary/aromatic N) is 1. The van der Waals surface area contributed by atoms with E-state index in [0.29, 0.717) is 0 Å². The van der Waals surface area contributed by atoms with Crippen LogP contribution in [0.15, 0.2) is 0 Å². The Morgan fingerprint density at radius 1 is 1.67 bits per heavy atom. The first-order valence-electron chi connectivity index (χ1n) is 2.80. The van der Waals surface area contributed by atoms with Gasteiger partial charge in [-0.2, -0.15) is 0 Å². The largest absolute Gasteiger partial charge is 0.295 e. The summed E-state index contributed by atoms with van der Waals surface area (Å²) in [7, 11) is 2.03. The minimum Gasteiger partial charge on any atom is -0.295 e. The van der Waals surface area contributed by atoms with Gasteiger partial charge in [-0.15, -0.1) is 5.92 Å². The monoisotopic (exact) mass is 188 g/mol. The van der Waals surface area contributed by atoms with Gasteiger partial charge in [-0.25, -0.2) is 0 Å². The number of halogens is 1. The van der Waals surface area contributed by atoms with Gasteiger partial charge < -0.3 is 0 Å². The van der Waals surface area contributed by atoms with Crippen LogP contribution in [0.4, 0.5) is 0 Å². The van der Waals surface area contributed by atoms with Crippen molar-refractivity contribution in [2.45, 2.75) is 0 Å². The molecular weight excluding hydrogens is 178 g/mol. The fourth-order valence-electron chi connectivity index (χ4n) is 0.414. The zero-order valence-electron chi connectivity index (χ0n) is 5.65. The Morgan fingerprint density at radius 2 is 2.33 bits per heavy atom. The zero-order valence-corrected chi connectivity index (χ0v) is 7.24. The second-order valence-corrected chi connectivity index (χ2v) is 2.57. The van der Waals surface area contributed by atoms with Crippen LogP contribution < -0.4 is 0 Å². The molecule has 0 rings (SSSR count). The molecule has 0 heterocycles. The second-order valence-electron chi connectivity index (χ2n) is 1.78. The fraction of sp³-hybridized carbons (Fsp3) is 0.571. The molecule has 0 spiro atoms. The number of rotatable bonds is 3. The van der Waals surface area contributed by atoms with Crippen LogP contribution in [0, 0.1) is 18.8 Å². The number of alkyl halides is 1. The Balaban J connectivity index is 3.22. The Bertz CT molecular complexity index is 112. The van der Waals surface area contributed by atoms with E-state index in [1.54, 1.807) is 0 Å². The molecule has 2 heteroatoms. The molecular formula is C7H11BrN. The molecule has 0 aromatic carbocycles. The minimum absolute atomic E-state index is 0.815. The standard InChI is InChI=1S/C7H11BrN/c1-3-4-6-9(2)7-5-8/h1,5-7H2,2H3. The molecule has 0 fully saturated rings. The molecule has 1 radical (unpaired) electrons. The topological polar surface area (TPSA) is 3.24 Å². The van der Waals surface area contributed by atoms with Crippen LogP contribution in [-0.4, -0.2) is 30.4 Å². The zero-order chi connectivity index (χ0) is 7.11. The van der Waals surface area contributed by atoms with Gasteiger partial charge in [-0.3, -0.25) is 4.90 Å². The van der Waals surface area contributed by atoms with E-state index in [4.69, 9.17) is 0 Å². The molecule has 0 saturated carbocycles. The molecule has 0 N–H and O–H groups in total. The van der Waals surface area contributed by atoms with E-state index in [0.717, 1.165) is 18.4 Å². The Hall–Kier alpha value is 0. The average Bonchev–Trinajstić information content (AvgIpc) is 1.85. The van der Waals surface area contributed by atoms with Crippen LogP contribution in [0.2, 0.25) is 0 Å². The third-order valence-corrected chi connectivity index (χ3v) is 1.29. The molecule has 0 unspecified atom stereocenters. The van der Waals surface area contributed by atoms with Crippen LogP contribution in [0.25, 0.3) is 0 Å². The van der Waals surface area contributed by atoms with Crippen LogP contribution in [0.3, 0.4) is 0 Å². The van der Waals surface area contributed by atoms with Crippen molar-refractivity contribution < 1.29 is 0 Å². The van der Waals surface area contributed by atoms with Gasteiger partial charge >= 0.3 is 0 Å². The smallest absolute Gasteiger partial charge is 0.0599 e. The predicted octanol–water partition coefficient (Wildman–Crippen LogP) is 1.15. The molecule has 0 saturated heterocycles. The van der Waals surface area contributed by atoms with Crippen molar-refractivity contribution in [3.8, 4) is 11.8 Å². The highest BCUT2D eigenvalue weighted by atomic mass is 79.9. The summed E-state index contributed by atoms with van der Waals surface area (Å²) in [6.07, 6.45) is 0. The molecule has 0 aliphatic rings. The molecule has 0 aliphatic heterocycles. The van der Waals surface area contributed by atoms with Crippen molar-refractivity contribution in [2.75, 3.05) is 25.5 Å². The van der Waals surface area contributed by atoms with Gasteiger partial charge in [0, 0.05) is 18.8 Å². The molecule has 51 valence electrons. The van der Waals surface area contributed by atoms with Crippen molar-refractivity contribution >= 4 is 15.9 Å². The van der Waals surface area contributed by atoms with Crippen LogP contribution in [0.1, 0.15) is 0 Å². The molecule has 0 atom stereocenters. The number of hydrogen-bond acceptors (Lipinski definition) is 1. The SMILES string of the molecule is [CH2]C#CCN(C)CCBr. The molecule has 0 aromatic heterocycles. The first kappa shape index (κ1) is 9.00. The molecule has 0 amide bonds.